The molecule has 4 N–H and O–H groups in total. The predicted octanol–water partition coefficient (Wildman–Crippen LogP) is 1.29. The van der Waals surface area contributed by atoms with Gasteiger partial charge >= 0.3 is 0 Å². The molecule has 0 spiro atoms. The van der Waals surface area contributed by atoms with Gasteiger partial charge in [0, 0.05) is 31.7 Å². The summed E-state index contributed by atoms with van der Waals surface area (Å²) in [6.45, 7) is 10.3. The van der Waals surface area contributed by atoms with Gasteiger partial charge < -0.3 is 16.4 Å². The highest BCUT2D eigenvalue weighted by atomic mass is 16.1. The van der Waals surface area contributed by atoms with Gasteiger partial charge in [-0.2, -0.15) is 0 Å². The number of carbonyl (C=O) groups is 1. The van der Waals surface area contributed by atoms with Crippen LogP contribution in [-0.4, -0.2) is 42.5 Å². The quantitative estimate of drug-likeness (QED) is 0.798. The van der Waals surface area contributed by atoms with Crippen LogP contribution in [0, 0.1) is 0 Å². The lowest BCUT2D eigenvalue weighted by atomic mass is 10.0. The minimum absolute atomic E-state index is 0.167. The molecular weight excluding hydrogens is 252 g/mol. The van der Waals surface area contributed by atoms with Crippen LogP contribution in [0.1, 0.15) is 31.1 Å². The van der Waals surface area contributed by atoms with Gasteiger partial charge in [0.15, 0.2) is 0 Å². The molecule has 5 nitrogen and oxygen atoms in total. The van der Waals surface area contributed by atoms with Crippen molar-refractivity contribution in [2.24, 2.45) is 5.73 Å². The molecule has 1 aliphatic rings. The number of hydrogen-bond acceptors (Lipinski definition) is 4. The molecule has 1 aliphatic heterocycles. The van der Waals surface area contributed by atoms with E-state index in [0.29, 0.717) is 11.3 Å². The molecule has 0 saturated carbocycles. The van der Waals surface area contributed by atoms with Gasteiger partial charge in [0.2, 0.25) is 0 Å². The maximum Gasteiger partial charge on any atom is 0.250 e. The summed E-state index contributed by atoms with van der Waals surface area (Å²) in [7, 11) is 0. The van der Waals surface area contributed by atoms with Crippen LogP contribution in [0.3, 0.4) is 0 Å². The SMILES string of the molecule is CC(C)(C)N1CCN(c2c(N)cccc2C(N)=O)CC1. The number of piperazine rings is 1. The molecule has 0 aromatic heterocycles. The molecule has 20 heavy (non-hydrogen) atoms. The van der Waals surface area contributed by atoms with E-state index in [4.69, 9.17) is 11.5 Å². The fourth-order valence-corrected chi connectivity index (χ4v) is 2.71. The monoisotopic (exact) mass is 276 g/mol. The van der Waals surface area contributed by atoms with Crippen LogP contribution in [0.4, 0.5) is 11.4 Å². The average Bonchev–Trinajstić information content (AvgIpc) is 2.37. The number of nitrogens with zero attached hydrogens (tertiary/aromatic N) is 2. The van der Waals surface area contributed by atoms with Crippen molar-refractivity contribution in [1.82, 2.24) is 4.90 Å². The Kier molecular flexibility index (Phi) is 3.90. The molecule has 0 unspecified atom stereocenters. The second-order valence-electron chi connectivity index (χ2n) is 6.25. The van der Waals surface area contributed by atoms with E-state index >= 15 is 0 Å². The summed E-state index contributed by atoms with van der Waals surface area (Å²) >= 11 is 0. The third-order valence-corrected chi connectivity index (χ3v) is 3.88. The van der Waals surface area contributed by atoms with Crippen molar-refractivity contribution in [2.45, 2.75) is 26.3 Å². The largest absolute Gasteiger partial charge is 0.397 e. The van der Waals surface area contributed by atoms with Crippen LogP contribution in [-0.2, 0) is 0 Å². The third-order valence-electron chi connectivity index (χ3n) is 3.88. The second-order valence-corrected chi connectivity index (χ2v) is 6.25. The van der Waals surface area contributed by atoms with Crippen molar-refractivity contribution >= 4 is 17.3 Å². The van der Waals surface area contributed by atoms with Crippen molar-refractivity contribution < 1.29 is 4.79 Å². The Morgan fingerprint density at radius 1 is 1.15 bits per heavy atom. The summed E-state index contributed by atoms with van der Waals surface area (Å²) < 4.78 is 0. The first kappa shape index (κ1) is 14.7. The molecule has 0 atom stereocenters. The Labute approximate surface area is 120 Å². The minimum atomic E-state index is -0.425. The second kappa shape index (κ2) is 5.32. The topological polar surface area (TPSA) is 75.6 Å². The highest BCUT2D eigenvalue weighted by Gasteiger charge is 2.27. The number of nitrogens with two attached hydrogens (primary N) is 2. The van der Waals surface area contributed by atoms with Crippen LogP contribution < -0.4 is 16.4 Å². The molecule has 110 valence electrons. The summed E-state index contributed by atoms with van der Waals surface area (Å²) in [6, 6.07) is 5.33. The van der Waals surface area contributed by atoms with E-state index < -0.39 is 5.91 Å². The van der Waals surface area contributed by atoms with Crippen LogP contribution in [0.15, 0.2) is 18.2 Å². The van der Waals surface area contributed by atoms with Crippen LogP contribution in [0.25, 0.3) is 0 Å². The Balaban J connectivity index is 2.21. The normalized spacial score (nSPS) is 17.2. The van der Waals surface area contributed by atoms with Gasteiger partial charge in [0.1, 0.15) is 0 Å². The zero-order chi connectivity index (χ0) is 14.9. The van der Waals surface area contributed by atoms with Gasteiger partial charge in [0.25, 0.3) is 5.91 Å². The molecule has 1 fully saturated rings. The number of rotatable bonds is 2. The van der Waals surface area contributed by atoms with E-state index in [9.17, 15) is 4.79 Å². The molecule has 0 bridgehead atoms. The third kappa shape index (κ3) is 2.88. The first-order valence-electron chi connectivity index (χ1n) is 6.99. The van der Waals surface area contributed by atoms with E-state index in [2.05, 4.69) is 30.6 Å². The van der Waals surface area contributed by atoms with Crippen molar-refractivity contribution in [2.75, 3.05) is 36.8 Å². The molecule has 5 heteroatoms. The van der Waals surface area contributed by atoms with Gasteiger partial charge in [-0.3, -0.25) is 9.69 Å². The predicted molar refractivity (Wildman–Crippen MR) is 82.9 cm³/mol. The smallest absolute Gasteiger partial charge is 0.250 e. The molecule has 0 radical (unpaired) electrons. The molecule has 1 heterocycles. The fraction of sp³-hybridized carbons (Fsp3) is 0.533. The zero-order valence-electron chi connectivity index (χ0n) is 12.5. The molecule has 1 amide bonds. The van der Waals surface area contributed by atoms with Crippen molar-refractivity contribution in [1.29, 1.82) is 0 Å². The summed E-state index contributed by atoms with van der Waals surface area (Å²) in [5.41, 5.74) is 13.6. The number of amides is 1. The molecule has 1 saturated heterocycles. The van der Waals surface area contributed by atoms with E-state index in [-0.39, 0.29) is 5.54 Å². The number of primary amides is 1. The highest BCUT2D eigenvalue weighted by molar-refractivity contribution is 6.01. The van der Waals surface area contributed by atoms with Gasteiger partial charge in [-0.15, -0.1) is 0 Å². The lowest BCUT2D eigenvalue weighted by molar-refractivity contribution is 0.0999. The summed E-state index contributed by atoms with van der Waals surface area (Å²) in [4.78, 5) is 16.2. The Hall–Kier alpha value is -1.75. The molecule has 2 rings (SSSR count). The number of benzene rings is 1. The number of anilines is 2. The number of hydrogen-bond donors (Lipinski definition) is 2. The lowest BCUT2D eigenvalue weighted by Crippen LogP contribution is -2.53. The maximum atomic E-state index is 11.6. The standard InChI is InChI=1S/C15H24N4O/c1-15(2,3)19-9-7-18(8-10-19)13-11(14(17)20)5-4-6-12(13)16/h4-6H,7-10,16H2,1-3H3,(H2,17,20). The molecule has 1 aromatic carbocycles. The van der Waals surface area contributed by atoms with Crippen LogP contribution in [0.5, 0.6) is 0 Å². The summed E-state index contributed by atoms with van der Waals surface area (Å²) in [6.07, 6.45) is 0. The van der Waals surface area contributed by atoms with Gasteiger partial charge in [-0.25, -0.2) is 0 Å². The Morgan fingerprint density at radius 3 is 2.25 bits per heavy atom. The maximum absolute atomic E-state index is 11.6. The lowest BCUT2D eigenvalue weighted by Gasteiger charge is -2.43. The number of carbonyl (C=O) groups excluding carboxylic acids is 1. The summed E-state index contributed by atoms with van der Waals surface area (Å²) in [5, 5.41) is 0. The van der Waals surface area contributed by atoms with Crippen molar-refractivity contribution in [3.05, 3.63) is 23.8 Å². The van der Waals surface area contributed by atoms with E-state index in [1.54, 1.807) is 12.1 Å². The van der Waals surface area contributed by atoms with E-state index in [1.165, 1.54) is 0 Å². The molecular formula is C15H24N4O. The molecule has 1 aromatic rings. The zero-order valence-corrected chi connectivity index (χ0v) is 12.5. The van der Waals surface area contributed by atoms with Gasteiger partial charge in [-0.1, -0.05) is 6.07 Å². The van der Waals surface area contributed by atoms with E-state index in [0.717, 1.165) is 31.9 Å². The number of nitrogen functional groups attached to an aromatic ring is 1. The van der Waals surface area contributed by atoms with Gasteiger partial charge in [-0.05, 0) is 32.9 Å². The minimum Gasteiger partial charge on any atom is -0.397 e. The number of para-hydroxylation sites is 1. The Morgan fingerprint density at radius 2 is 1.75 bits per heavy atom. The first-order chi connectivity index (χ1) is 9.30. The first-order valence-corrected chi connectivity index (χ1v) is 6.99. The van der Waals surface area contributed by atoms with Crippen LogP contribution >= 0.6 is 0 Å². The average molecular weight is 276 g/mol. The van der Waals surface area contributed by atoms with Crippen molar-refractivity contribution in [3.8, 4) is 0 Å². The van der Waals surface area contributed by atoms with Crippen molar-refractivity contribution in [3.63, 3.8) is 0 Å². The highest BCUT2D eigenvalue weighted by Crippen LogP contribution is 2.29. The fourth-order valence-electron chi connectivity index (χ4n) is 2.71. The summed E-state index contributed by atoms with van der Waals surface area (Å²) in [5.74, 6) is -0.425. The van der Waals surface area contributed by atoms with E-state index in [1.807, 2.05) is 6.07 Å². The Bertz CT molecular complexity index is 499. The molecule has 0 aliphatic carbocycles. The van der Waals surface area contributed by atoms with Gasteiger partial charge in [0.05, 0.1) is 16.9 Å². The van der Waals surface area contributed by atoms with Crippen LogP contribution in [0.2, 0.25) is 0 Å².